The maximum absolute atomic E-state index is 13.6. The first-order valence-corrected chi connectivity index (χ1v) is 13.5. The zero-order valence-corrected chi connectivity index (χ0v) is 24.0. The predicted molar refractivity (Wildman–Crippen MR) is 139 cm³/mol. The highest BCUT2D eigenvalue weighted by Crippen LogP contribution is 2.27. The van der Waals surface area contributed by atoms with E-state index in [0.29, 0.717) is 5.75 Å². The number of benzene rings is 1. The fraction of sp³-hybridized carbons (Fsp3) is 0.640. The van der Waals surface area contributed by atoms with E-state index in [-0.39, 0.29) is 29.7 Å². The third-order valence-corrected chi connectivity index (χ3v) is 7.89. The van der Waals surface area contributed by atoms with E-state index in [2.05, 4.69) is 5.32 Å². The van der Waals surface area contributed by atoms with Crippen molar-refractivity contribution < 1.29 is 32.7 Å². The fourth-order valence-electron chi connectivity index (χ4n) is 3.90. The number of amides is 3. The Labute approximate surface area is 220 Å². The monoisotopic (exact) mass is 542 g/mol. The van der Waals surface area contributed by atoms with Gasteiger partial charge in [0.2, 0.25) is 27.7 Å². The molecule has 0 aliphatic heterocycles. The lowest BCUT2D eigenvalue weighted by Gasteiger charge is -2.35. The van der Waals surface area contributed by atoms with Crippen LogP contribution in [0.25, 0.3) is 0 Å². The largest absolute Gasteiger partial charge is 0.497 e. The zero-order chi connectivity index (χ0) is 28.7. The van der Waals surface area contributed by atoms with Gasteiger partial charge in [0.05, 0.1) is 23.8 Å². The molecule has 0 saturated carbocycles. The van der Waals surface area contributed by atoms with Crippen molar-refractivity contribution in [2.75, 3.05) is 34.8 Å². The topological polar surface area (TPSA) is 145 Å². The van der Waals surface area contributed by atoms with Gasteiger partial charge >= 0.3 is 0 Å². The van der Waals surface area contributed by atoms with Gasteiger partial charge in [-0.3, -0.25) is 19.6 Å². The molecule has 0 aromatic heterocycles. The van der Waals surface area contributed by atoms with Crippen molar-refractivity contribution in [3.8, 4) is 5.75 Å². The van der Waals surface area contributed by atoms with Crippen molar-refractivity contribution in [1.82, 2.24) is 20.0 Å². The number of sulfonamides is 1. The SMILES string of the molecule is COc1ccc(S(=O)(=O)N(C)CC(C(=O)NO)C(CC(C)C)C(=O)NC(C(=O)N(C)C)C(C)(C)C)cc1. The van der Waals surface area contributed by atoms with E-state index in [4.69, 9.17) is 4.74 Å². The maximum atomic E-state index is 13.6. The molecule has 3 amide bonds. The summed E-state index contributed by atoms with van der Waals surface area (Å²) in [7, 11) is 1.89. The lowest BCUT2D eigenvalue weighted by Crippen LogP contribution is -2.56. The number of carbonyl (C=O) groups excluding carboxylic acids is 3. The molecule has 0 heterocycles. The van der Waals surface area contributed by atoms with Crippen LogP contribution in [0.4, 0.5) is 0 Å². The number of hydrogen-bond donors (Lipinski definition) is 3. The van der Waals surface area contributed by atoms with Gasteiger partial charge in [0.1, 0.15) is 11.8 Å². The van der Waals surface area contributed by atoms with Gasteiger partial charge in [0, 0.05) is 27.7 Å². The molecule has 37 heavy (non-hydrogen) atoms. The zero-order valence-electron chi connectivity index (χ0n) is 23.2. The molecule has 0 bridgehead atoms. The number of nitrogens with one attached hydrogen (secondary N) is 2. The average molecular weight is 543 g/mol. The summed E-state index contributed by atoms with van der Waals surface area (Å²) in [6.07, 6.45) is 0.216. The fourth-order valence-corrected chi connectivity index (χ4v) is 5.09. The number of methoxy groups -OCH3 is 1. The first-order valence-electron chi connectivity index (χ1n) is 12.0. The Balaban J connectivity index is 3.39. The van der Waals surface area contributed by atoms with Crippen molar-refractivity contribution >= 4 is 27.7 Å². The lowest BCUT2D eigenvalue weighted by molar-refractivity contribution is -0.143. The van der Waals surface area contributed by atoms with Crippen molar-refractivity contribution in [3.05, 3.63) is 24.3 Å². The first-order chi connectivity index (χ1) is 17.0. The first kappa shape index (κ1) is 32.3. The maximum Gasteiger partial charge on any atom is 0.248 e. The molecule has 3 N–H and O–H groups in total. The Morgan fingerprint density at radius 2 is 1.54 bits per heavy atom. The van der Waals surface area contributed by atoms with E-state index < -0.39 is 45.1 Å². The number of rotatable bonds is 12. The van der Waals surface area contributed by atoms with Gasteiger partial charge < -0.3 is 15.0 Å². The summed E-state index contributed by atoms with van der Waals surface area (Å²) in [5, 5.41) is 12.2. The molecule has 0 fully saturated rings. The number of hydroxylamine groups is 1. The second-order valence-electron chi connectivity index (χ2n) is 10.8. The van der Waals surface area contributed by atoms with Crippen LogP contribution in [0.2, 0.25) is 0 Å². The summed E-state index contributed by atoms with van der Waals surface area (Å²) in [6.45, 7) is 8.77. The molecule has 1 aromatic carbocycles. The van der Waals surface area contributed by atoms with E-state index in [1.165, 1.54) is 43.3 Å². The molecule has 0 radical (unpaired) electrons. The highest BCUT2D eigenvalue weighted by Gasteiger charge is 2.41. The van der Waals surface area contributed by atoms with Gasteiger partial charge in [0.15, 0.2) is 0 Å². The number of ether oxygens (including phenoxy) is 1. The van der Waals surface area contributed by atoms with E-state index in [0.717, 1.165) is 4.31 Å². The Morgan fingerprint density at radius 1 is 1.00 bits per heavy atom. The Bertz CT molecular complexity index is 1030. The number of likely N-dealkylation sites (N-methyl/N-ethyl adjacent to an activating group) is 1. The van der Waals surface area contributed by atoms with Gasteiger partial charge in [-0.25, -0.2) is 18.2 Å². The Morgan fingerprint density at radius 3 is 1.95 bits per heavy atom. The standard InChI is InChI=1S/C25H42N4O7S/c1-16(2)14-19(22(30)26-21(25(3,4)5)24(32)28(6)7)20(23(31)27-33)15-29(8)37(34,35)18-12-10-17(36-9)11-13-18/h10-13,16,19-21,33H,14-15H2,1-9H3,(H,26,30)(H,27,31). The Kier molecular flexibility index (Phi) is 11.5. The average Bonchev–Trinajstić information content (AvgIpc) is 2.82. The van der Waals surface area contributed by atoms with Crippen molar-refractivity contribution in [2.45, 2.75) is 52.0 Å². The molecule has 1 aromatic rings. The molecule has 1 rings (SSSR count). The molecule has 11 nitrogen and oxygen atoms in total. The van der Waals surface area contributed by atoms with Gasteiger partial charge in [-0.05, 0) is 42.0 Å². The van der Waals surface area contributed by atoms with Crippen LogP contribution in [-0.2, 0) is 24.4 Å². The number of carbonyl (C=O) groups is 3. The third kappa shape index (κ3) is 8.68. The summed E-state index contributed by atoms with van der Waals surface area (Å²) < 4.78 is 32.5. The summed E-state index contributed by atoms with van der Waals surface area (Å²) in [5.41, 5.74) is 0.941. The molecular formula is C25H42N4O7S. The highest BCUT2D eigenvalue weighted by atomic mass is 32.2. The second kappa shape index (κ2) is 13.2. The molecule has 0 aliphatic rings. The summed E-state index contributed by atoms with van der Waals surface area (Å²) in [5.74, 6) is -3.62. The molecule has 12 heteroatoms. The number of nitrogens with zero attached hydrogens (tertiary/aromatic N) is 2. The van der Waals surface area contributed by atoms with Gasteiger partial charge in [-0.2, -0.15) is 0 Å². The smallest absolute Gasteiger partial charge is 0.248 e. The summed E-state index contributed by atoms with van der Waals surface area (Å²) in [4.78, 5) is 40.6. The predicted octanol–water partition coefficient (Wildman–Crippen LogP) is 1.72. The Hall–Kier alpha value is -2.70. The molecule has 0 spiro atoms. The van der Waals surface area contributed by atoms with Crippen molar-refractivity contribution in [2.24, 2.45) is 23.2 Å². The van der Waals surface area contributed by atoms with Crippen LogP contribution in [0.5, 0.6) is 5.75 Å². The molecule has 0 aliphatic carbocycles. The second-order valence-corrected chi connectivity index (χ2v) is 12.9. The minimum absolute atomic E-state index is 0.0202. The van der Waals surface area contributed by atoms with E-state index in [9.17, 15) is 28.0 Å². The number of hydrogen-bond acceptors (Lipinski definition) is 7. The van der Waals surface area contributed by atoms with Crippen molar-refractivity contribution in [1.29, 1.82) is 0 Å². The van der Waals surface area contributed by atoms with Crippen LogP contribution >= 0.6 is 0 Å². The lowest BCUT2D eigenvalue weighted by atomic mass is 9.81. The van der Waals surface area contributed by atoms with E-state index >= 15 is 0 Å². The molecule has 0 saturated heterocycles. The van der Waals surface area contributed by atoms with Gasteiger partial charge in [0.25, 0.3) is 0 Å². The van der Waals surface area contributed by atoms with Gasteiger partial charge in [-0.15, -0.1) is 0 Å². The highest BCUT2D eigenvalue weighted by molar-refractivity contribution is 7.89. The molecule has 3 unspecified atom stereocenters. The van der Waals surface area contributed by atoms with Crippen LogP contribution in [0.1, 0.15) is 41.0 Å². The van der Waals surface area contributed by atoms with Crippen LogP contribution < -0.4 is 15.5 Å². The van der Waals surface area contributed by atoms with Crippen LogP contribution in [-0.4, -0.2) is 81.4 Å². The molecular weight excluding hydrogens is 500 g/mol. The van der Waals surface area contributed by atoms with Gasteiger partial charge in [-0.1, -0.05) is 34.6 Å². The van der Waals surface area contributed by atoms with Crippen LogP contribution in [0.15, 0.2) is 29.2 Å². The minimum Gasteiger partial charge on any atom is -0.497 e. The molecule has 210 valence electrons. The van der Waals surface area contributed by atoms with E-state index in [1.54, 1.807) is 19.6 Å². The van der Waals surface area contributed by atoms with Crippen molar-refractivity contribution in [3.63, 3.8) is 0 Å². The molecule has 3 atom stereocenters. The van der Waals surface area contributed by atoms with E-state index in [1.807, 2.05) is 34.6 Å². The van der Waals surface area contributed by atoms with Crippen LogP contribution in [0.3, 0.4) is 0 Å². The third-order valence-electron chi connectivity index (χ3n) is 6.06. The quantitative estimate of drug-likeness (QED) is 0.269. The normalized spacial score (nSPS) is 14.6. The van der Waals surface area contributed by atoms with Crippen LogP contribution in [0, 0.1) is 23.2 Å². The minimum atomic E-state index is -4.04. The summed E-state index contributed by atoms with van der Waals surface area (Å²) in [6, 6.07) is 4.88. The summed E-state index contributed by atoms with van der Waals surface area (Å²) >= 11 is 0.